The van der Waals surface area contributed by atoms with Gasteiger partial charge in [-0.05, 0) is 13.3 Å². The summed E-state index contributed by atoms with van der Waals surface area (Å²) in [7, 11) is 0. The number of aromatic nitrogens is 1. The number of pyridine rings is 1. The number of aromatic carboxylic acids is 1. The van der Waals surface area contributed by atoms with Gasteiger partial charge < -0.3 is 14.6 Å². The number of carboxylic acid groups (broad SMARTS) is 1. The van der Waals surface area contributed by atoms with Gasteiger partial charge in [0.1, 0.15) is 0 Å². The lowest BCUT2D eigenvalue weighted by Gasteiger charge is -2.12. The van der Waals surface area contributed by atoms with Gasteiger partial charge in [-0.25, -0.2) is 9.78 Å². The Kier molecular flexibility index (Phi) is 5.26. The fraction of sp³-hybridized carbons (Fsp3) is 0.500. The Morgan fingerprint density at radius 3 is 2.76 bits per heavy atom. The number of carboxylic acids is 1. The molecular formula is C12H17NO4. The molecule has 0 unspecified atom stereocenters. The van der Waals surface area contributed by atoms with Crippen molar-refractivity contribution in [2.24, 2.45) is 0 Å². The Balaban J connectivity index is 2.93. The van der Waals surface area contributed by atoms with E-state index in [1.807, 2.05) is 0 Å². The topological polar surface area (TPSA) is 68.7 Å². The molecule has 5 heteroatoms. The molecule has 1 N–H and O–H groups in total. The number of carbonyl (C=O) groups is 1. The van der Waals surface area contributed by atoms with Gasteiger partial charge in [-0.3, -0.25) is 0 Å². The third kappa shape index (κ3) is 3.62. The molecule has 1 rings (SSSR count). The van der Waals surface area contributed by atoms with E-state index in [9.17, 15) is 4.79 Å². The second-order valence-corrected chi connectivity index (χ2v) is 3.43. The van der Waals surface area contributed by atoms with E-state index in [1.165, 1.54) is 6.20 Å². The average Bonchev–Trinajstić information content (AvgIpc) is 2.31. The van der Waals surface area contributed by atoms with Gasteiger partial charge in [0.25, 0.3) is 0 Å². The zero-order valence-corrected chi connectivity index (χ0v) is 10.1. The van der Waals surface area contributed by atoms with Crippen molar-refractivity contribution >= 4 is 5.97 Å². The van der Waals surface area contributed by atoms with E-state index in [0.29, 0.717) is 19.0 Å². The Hall–Kier alpha value is -1.78. The minimum Gasteiger partial charge on any atom is -0.490 e. The third-order valence-electron chi connectivity index (χ3n) is 2.12. The molecule has 0 aromatic carbocycles. The van der Waals surface area contributed by atoms with Gasteiger partial charge >= 0.3 is 5.97 Å². The molecule has 1 aromatic rings. The molecule has 0 amide bonds. The quantitative estimate of drug-likeness (QED) is 0.740. The van der Waals surface area contributed by atoms with Gasteiger partial charge in [0, 0.05) is 12.3 Å². The highest BCUT2D eigenvalue weighted by molar-refractivity contribution is 5.89. The van der Waals surface area contributed by atoms with Gasteiger partial charge in [-0.1, -0.05) is 13.3 Å². The smallest absolute Gasteiger partial charge is 0.358 e. The van der Waals surface area contributed by atoms with Crippen molar-refractivity contribution in [2.45, 2.75) is 26.7 Å². The maximum absolute atomic E-state index is 11.0. The maximum Gasteiger partial charge on any atom is 0.358 e. The second-order valence-electron chi connectivity index (χ2n) is 3.43. The van der Waals surface area contributed by atoms with Crippen LogP contribution in [0.25, 0.3) is 0 Å². The van der Waals surface area contributed by atoms with Crippen molar-refractivity contribution in [3.05, 3.63) is 18.0 Å². The molecule has 1 aromatic heterocycles. The lowest BCUT2D eigenvalue weighted by Crippen LogP contribution is -2.08. The third-order valence-corrected chi connectivity index (χ3v) is 2.12. The van der Waals surface area contributed by atoms with Crippen LogP contribution >= 0.6 is 0 Å². The molecule has 0 radical (unpaired) electrons. The predicted molar refractivity (Wildman–Crippen MR) is 62.8 cm³/mol. The standard InChI is InChI=1S/C12H17NO4/c1-3-5-8-17-9-6-7-13-10(12(14)15)11(9)16-4-2/h6-7H,3-5,8H2,1-2H3,(H,14,15). The predicted octanol–water partition coefficient (Wildman–Crippen LogP) is 2.36. The summed E-state index contributed by atoms with van der Waals surface area (Å²) >= 11 is 0. The van der Waals surface area contributed by atoms with E-state index in [0.717, 1.165) is 12.8 Å². The van der Waals surface area contributed by atoms with Crippen LogP contribution in [0.15, 0.2) is 12.3 Å². The zero-order valence-electron chi connectivity index (χ0n) is 10.1. The lowest BCUT2D eigenvalue weighted by molar-refractivity contribution is 0.0684. The largest absolute Gasteiger partial charge is 0.490 e. The van der Waals surface area contributed by atoms with Gasteiger partial charge in [-0.2, -0.15) is 0 Å². The van der Waals surface area contributed by atoms with Crippen LogP contribution in [0.3, 0.4) is 0 Å². The molecule has 94 valence electrons. The van der Waals surface area contributed by atoms with Gasteiger partial charge in [0.05, 0.1) is 13.2 Å². The molecular weight excluding hydrogens is 222 g/mol. The van der Waals surface area contributed by atoms with Gasteiger partial charge in [0.2, 0.25) is 0 Å². The monoisotopic (exact) mass is 239 g/mol. The van der Waals surface area contributed by atoms with Crippen molar-refractivity contribution in [3.63, 3.8) is 0 Å². The fourth-order valence-electron chi connectivity index (χ4n) is 1.31. The van der Waals surface area contributed by atoms with Crippen LogP contribution in [0.1, 0.15) is 37.2 Å². The molecule has 5 nitrogen and oxygen atoms in total. The number of nitrogens with zero attached hydrogens (tertiary/aromatic N) is 1. The average molecular weight is 239 g/mol. The van der Waals surface area contributed by atoms with Crippen LogP contribution in [0, 0.1) is 0 Å². The molecule has 0 bridgehead atoms. The minimum absolute atomic E-state index is 0.110. The van der Waals surface area contributed by atoms with Crippen LogP contribution < -0.4 is 9.47 Å². The first-order valence-electron chi connectivity index (χ1n) is 5.68. The first-order chi connectivity index (χ1) is 8.20. The molecule has 0 aliphatic rings. The zero-order chi connectivity index (χ0) is 12.7. The second kappa shape index (κ2) is 6.73. The summed E-state index contributed by atoms with van der Waals surface area (Å²) in [5.41, 5.74) is -0.110. The summed E-state index contributed by atoms with van der Waals surface area (Å²) in [5.74, 6) is -0.472. The Bertz CT molecular complexity index is 379. The van der Waals surface area contributed by atoms with E-state index in [1.54, 1.807) is 13.0 Å². The Labute approximate surface area is 100 Å². The van der Waals surface area contributed by atoms with Crippen molar-refractivity contribution in [3.8, 4) is 11.5 Å². The Morgan fingerprint density at radius 1 is 1.41 bits per heavy atom. The normalized spacial score (nSPS) is 10.0. The van der Waals surface area contributed by atoms with E-state index in [2.05, 4.69) is 11.9 Å². The lowest BCUT2D eigenvalue weighted by atomic mass is 10.3. The fourth-order valence-corrected chi connectivity index (χ4v) is 1.31. The number of rotatable bonds is 7. The molecule has 0 saturated heterocycles. The SMILES string of the molecule is CCCCOc1ccnc(C(=O)O)c1OCC. The molecule has 0 spiro atoms. The van der Waals surface area contributed by atoms with Crippen LogP contribution in [-0.4, -0.2) is 29.3 Å². The summed E-state index contributed by atoms with van der Waals surface area (Å²) < 4.78 is 10.8. The number of hydrogen-bond acceptors (Lipinski definition) is 4. The van der Waals surface area contributed by atoms with Crippen LogP contribution in [0.4, 0.5) is 0 Å². The minimum atomic E-state index is -1.12. The summed E-state index contributed by atoms with van der Waals surface area (Å²) in [5, 5.41) is 8.99. The highest BCUT2D eigenvalue weighted by Gasteiger charge is 2.17. The molecule has 0 aliphatic heterocycles. The van der Waals surface area contributed by atoms with Crippen molar-refractivity contribution in [1.82, 2.24) is 4.98 Å². The molecule has 1 heterocycles. The molecule has 17 heavy (non-hydrogen) atoms. The number of ether oxygens (including phenoxy) is 2. The Morgan fingerprint density at radius 2 is 2.18 bits per heavy atom. The van der Waals surface area contributed by atoms with E-state index < -0.39 is 5.97 Å². The highest BCUT2D eigenvalue weighted by Crippen LogP contribution is 2.29. The summed E-state index contributed by atoms with van der Waals surface area (Å²) in [4.78, 5) is 14.8. The van der Waals surface area contributed by atoms with Crippen LogP contribution in [0.2, 0.25) is 0 Å². The number of unbranched alkanes of at least 4 members (excludes halogenated alkanes) is 1. The molecule has 0 atom stereocenters. The van der Waals surface area contributed by atoms with Gasteiger partial charge in [0.15, 0.2) is 17.2 Å². The highest BCUT2D eigenvalue weighted by atomic mass is 16.5. The van der Waals surface area contributed by atoms with Crippen LogP contribution in [0.5, 0.6) is 11.5 Å². The van der Waals surface area contributed by atoms with E-state index >= 15 is 0 Å². The summed E-state index contributed by atoms with van der Waals surface area (Å²) in [6.45, 7) is 4.76. The summed E-state index contributed by atoms with van der Waals surface area (Å²) in [6, 6.07) is 1.62. The number of hydrogen-bond donors (Lipinski definition) is 1. The first-order valence-corrected chi connectivity index (χ1v) is 5.68. The first kappa shape index (κ1) is 13.3. The van der Waals surface area contributed by atoms with Crippen molar-refractivity contribution in [2.75, 3.05) is 13.2 Å². The maximum atomic E-state index is 11.0. The van der Waals surface area contributed by atoms with Crippen molar-refractivity contribution < 1.29 is 19.4 Å². The van der Waals surface area contributed by atoms with E-state index in [4.69, 9.17) is 14.6 Å². The van der Waals surface area contributed by atoms with Crippen molar-refractivity contribution in [1.29, 1.82) is 0 Å². The molecule has 0 aliphatic carbocycles. The summed E-state index contributed by atoms with van der Waals surface area (Å²) in [6.07, 6.45) is 3.34. The molecule has 0 fully saturated rings. The molecule has 0 saturated carbocycles. The van der Waals surface area contributed by atoms with E-state index in [-0.39, 0.29) is 11.4 Å². The van der Waals surface area contributed by atoms with Gasteiger partial charge in [-0.15, -0.1) is 0 Å². The van der Waals surface area contributed by atoms with Crippen LogP contribution in [-0.2, 0) is 0 Å².